The number of rotatable bonds is 76. The van der Waals surface area contributed by atoms with E-state index in [-0.39, 0.29) is 19.1 Å². The normalized spacial score (nSPS) is 13.6. The van der Waals surface area contributed by atoms with Crippen molar-refractivity contribution in [2.45, 2.75) is 437 Å². The van der Waals surface area contributed by atoms with Crippen LogP contribution in [-0.2, 0) is 18.4 Å². The lowest BCUT2D eigenvalue weighted by Gasteiger charge is -2.25. The van der Waals surface area contributed by atoms with Crippen LogP contribution in [0.5, 0.6) is 0 Å². The molecule has 0 aromatic heterocycles. The minimum atomic E-state index is -4.36. The minimum absolute atomic E-state index is 0.0586. The SMILES string of the molecule is CCCCCCCCCC/C=C\CCCCCCCCCCCCCCCCCCCCCCCCCCCCCCCC(=O)NC(COP(=O)(O)OCC[N+](C)(C)C)C(O)/C=C/CC/C=C/CCCCCCCCCCCCCCCCCCCCCCC. The summed E-state index contributed by atoms with van der Waals surface area (Å²) in [4.78, 5) is 23.5. The molecule has 1 amide bonds. The molecule has 0 bridgehead atoms. The summed E-state index contributed by atoms with van der Waals surface area (Å²) in [7, 11) is 1.58. The van der Waals surface area contributed by atoms with Crippen molar-refractivity contribution in [3.8, 4) is 0 Å². The molecule has 3 N–H and O–H groups in total. The molecule has 0 fully saturated rings. The van der Waals surface area contributed by atoms with Crippen LogP contribution in [0.15, 0.2) is 36.5 Å². The van der Waals surface area contributed by atoms with Crippen LogP contribution in [0, 0.1) is 0 Å². The number of aliphatic hydroxyl groups is 1. The molecule has 8 nitrogen and oxygen atoms in total. The monoisotopic (exact) mass is 1290 g/mol. The Kier molecular flexibility index (Phi) is 71.0. The van der Waals surface area contributed by atoms with Gasteiger partial charge in [0.15, 0.2) is 0 Å². The number of allylic oxidation sites excluding steroid dienone is 5. The van der Waals surface area contributed by atoms with Gasteiger partial charge in [-0.05, 0) is 57.8 Å². The van der Waals surface area contributed by atoms with Crippen LogP contribution < -0.4 is 5.32 Å². The quantitative estimate of drug-likeness (QED) is 0.0243. The molecule has 0 saturated carbocycles. The zero-order valence-electron chi connectivity index (χ0n) is 61.4. The van der Waals surface area contributed by atoms with E-state index in [1.54, 1.807) is 6.08 Å². The fourth-order valence-electron chi connectivity index (χ4n) is 12.6. The molecular weight excluding hydrogens is 1130 g/mol. The van der Waals surface area contributed by atoms with Crippen molar-refractivity contribution in [3.63, 3.8) is 0 Å². The average molecular weight is 1290 g/mol. The zero-order chi connectivity index (χ0) is 65.5. The second-order valence-electron chi connectivity index (χ2n) is 29.1. The number of aliphatic hydroxyl groups excluding tert-OH is 1. The van der Waals surface area contributed by atoms with Gasteiger partial charge in [-0.3, -0.25) is 13.8 Å². The Morgan fingerprint density at radius 3 is 0.889 bits per heavy atom. The number of unbranched alkanes of at least 4 members (excludes halogenated alkanes) is 59. The van der Waals surface area contributed by atoms with Crippen LogP contribution in [0.2, 0.25) is 0 Å². The van der Waals surface area contributed by atoms with Crippen molar-refractivity contribution in [3.05, 3.63) is 36.5 Å². The molecule has 0 aliphatic rings. The van der Waals surface area contributed by atoms with Gasteiger partial charge in [0, 0.05) is 6.42 Å². The van der Waals surface area contributed by atoms with Crippen LogP contribution >= 0.6 is 7.82 Å². The predicted molar refractivity (Wildman–Crippen MR) is 397 cm³/mol. The molecule has 0 heterocycles. The zero-order valence-corrected chi connectivity index (χ0v) is 62.3. The van der Waals surface area contributed by atoms with E-state index in [1.807, 2.05) is 27.2 Å². The van der Waals surface area contributed by atoms with Crippen LogP contribution in [-0.4, -0.2) is 73.4 Å². The van der Waals surface area contributed by atoms with Gasteiger partial charge in [0.05, 0.1) is 39.9 Å². The summed E-state index contributed by atoms with van der Waals surface area (Å²) >= 11 is 0. The third-order valence-corrected chi connectivity index (χ3v) is 19.8. The number of phosphoric ester groups is 1. The summed E-state index contributed by atoms with van der Waals surface area (Å²) in [5.74, 6) is -0.177. The Labute approximate surface area is 563 Å². The van der Waals surface area contributed by atoms with Crippen molar-refractivity contribution in [2.24, 2.45) is 0 Å². The summed E-state index contributed by atoms with van der Waals surface area (Å²) in [6.45, 7) is 4.86. The van der Waals surface area contributed by atoms with Gasteiger partial charge in [0.1, 0.15) is 13.2 Å². The molecule has 0 spiro atoms. The van der Waals surface area contributed by atoms with E-state index in [0.29, 0.717) is 17.4 Å². The molecule has 534 valence electrons. The lowest BCUT2D eigenvalue weighted by Crippen LogP contribution is -2.45. The van der Waals surface area contributed by atoms with Crippen molar-refractivity contribution in [1.29, 1.82) is 0 Å². The second-order valence-corrected chi connectivity index (χ2v) is 30.6. The Morgan fingerprint density at radius 2 is 0.611 bits per heavy atom. The smallest absolute Gasteiger partial charge is 0.387 e. The molecule has 0 aliphatic carbocycles. The Bertz CT molecular complexity index is 1560. The van der Waals surface area contributed by atoms with Gasteiger partial charge in [0.2, 0.25) is 5.91 Å². The number of carbonyl (C=O) groups excluding carboxylic acids is 1. The van der Waals surface area contributed by atoms with Crippen molar-refractivity contribution >= 4 is 13.7 Å². The van der Waals surface area contributed by atoms with Crippen LogP contribution in [0.1, 0.15) is 425 Å². The molecule has 9 heteroatoms. The molecule has 0 aromatic carbocycles. The van der Waals surface area contributed by atoms with Crippen LogP contribution in [0.4, 0.5) is 0 Å². The Morgan fingerprint density at radius 1 is 0.367 bits per heavy atom. The lowest BCUT2D eigenvalue weighted by atomic mass is 10.0. The maximum absolute atomic E-state index is 13.1. The summed E-state index contributed by atoms with van der Waals surface area (Å²) in [6.07, 6.45) is 97.9. The first-order valence-corrected chi connectivity index (χ1v) is 41.9. The van der Waals surface area contributed by atoms with E-state index < -0.39 is 20.0 Å². The molecular formula is C81H160N2O6P+. The summed E-state index contributed by atoms with van der Waals surface area (Å²) in [5.41, 5.74) is 0. The van der Waals surface area contributed by atoms with E-state index in [9.17, 15) is 19.4 Å². The Balaban J connectivity index is 3.92. The van der Waals surface area contributed by atoms with Crippen LogP contribution in [0.25, 0.3) is 0 Å². The largest absolute Gasteiger partial charge is 0.472 e. The maximum atomic E-state index is 13.1. The van der Waals surface area contributed by atoms with Crippen LogP contribution in [0.3, 0.4) is 0 Å². The third kappa shape index (κ3) is 74.1. The highest BCUT2D eigenvalue weighted by atomic mass is 31.2. The molecule has 90 heavy (non-hydrogen) atoms. The first-order valence-electron chi connectivity index (χ1n) is 40.4. The fourth-order valence-corrected chi connectivity index (χ4v) is 13.3. The van der Waals surface area contributed by atoms with Gasteiger partial charge in [-0.25, -0.2) is 4.57 Å². The van der Waals surface area contributed by atoms with Gasteiger partial charge in [0.25, 0.3) is 0 Å². The molecule has 0 aromatic rings. The van der Waals surface area contributed by atoms with Crippen molar-refractivity contribution < 1.29 is 32.9 Å². The number of nitrogens with zero attached hydrogens (tertiary/aromatic N) is 1. The number of quaternary nitrogens is 1. The average Bonchev–Trinajstić information content (AvgIpc) is 3.09. The molecule has 0 aliphatic heterocycles. The number of hydrogen-bond donors (Lipinski definition) is 3. The number of hydrogen-bond acceptors (Lipinski definition) is 5. The second kappa shape index (κ2) is 72.0. The number of carbonyl (C=O) groups is 1. The summed E-state index contributed by atoms with van der Waals surface area (Å²) in [6, 6.07) is -0.863. The molecule has 3 atom stereocenters. The number of likely N-dealkylation sites (N-methyl/N-ethyl adjacent to an activating group) is 1. The summed E-state index contributed by atoms with van der Waals surface area (Å²) in [5, 5.41) is 14.0. The first-order chi connectivity index (χ1) is 44.0. The molecule has 0 radical (unpaired) electrons. The number of nitrogens with one attached hydrogen (secondary N) is 1. The summed E-state index contributed by atoms with van der Waals surface area (Å²) < 4.78 is 23.9. The molecule has 3 unspecified atom stereocenters. The number of amides is 1. The van der Waals surface area contributed by atoms with Crippen molar-refractivity contribution in [2.75, 3.05) is 40.9 Å². The highest BCUT2D eigenvalue weighted by molar-refractivity contribution is 7.47. The van der Waals surface area contributed by atoms with E-state index in [4.69, 9.17) is 9.05 Å². The van der Waals surface area contributed by atoms with E-state index in [2.05, 4.69) is 43.5 Å². The van der Waals surface area contributed by atoms with Gasteiger partial charge < -0.3 is 19.8 Å². The van der Waals surface area contributed by atoms with Gasteiger partial charge in [-0.2, -0.15) is 0 Å². The first kappa shape index (κ1) is 88.7. The van der Waals surface area contributed by atoms with E-state index in [0.717, 1.165) is 38.5 Å². The molecule has 0 rings (SSSR count). The highest BCUT2D eigenvalue weighted by Crippen LogP contribution is 2.43. The van der Waals surface area contributed by atoms with Gasteiger partial charge in [-0.15, -0.1) is 0 Å². The van der Waals surface area contributed by atoms with E-state index in [1.165, 1.54) is 366 Å². The Hall–Kier alpha value is -1.28. The van der Waals surface area contributed by atoms with E-state index >= 15 is 0 Å². The fraction of sp³-hybridized carbons (Fsp3) is 0.914. The number of phosphoric acid groups is 1. The van der Waals surface area contributed by atoms with Gasteiger partial charge >= 0.3 is 7.82 Å². The molecule has 0 saturated heterocycles. The van der Waals surface area contributed by atoms with Crippen molar-refractivity contribution in [1.82, 2.24) is 5.32 Å². The predicted octanol–water partition coefficient (Wildman–Crippen LogP) is 26.3. The standard InChI is InChI=1S/C81H159N2O6P/c1-6-8-10-12-14-16-18-20-22-24-26-28-30-32-34-35-36-37-38-39-40-41-42-43-44-45-46-47-49-51-53-55-57-59-61-63-65-67-69-71-73-75-81(85)82-79(78-89-90(86,87)88-77-76-83(3,4)5)80(84)74-72-70-68-66-64-62-60-58-56-54-52-50-48-33-31-29-27-25-23-21-19-17-15-13-11-9-7-2/h24,26,64,66,72,74,79-80,84H,6-23,25,27-63,65,67-71,73,75-78H2,1-5H3,(H-,82,85,86,87)/p+1/b26-24-,66-64+,74-72+. The minimum Gasteiger partial charge on any atom is -0.387 e. The topological polar surface area (TPSA) is 105 Å². The highest BCUT2D eigenvalue weighted by Gasteiger charge is 2.28. The maximum Gasteiger partial charge on any atom is 0.472 e. The lowest BCUT2D eigenvalue weighted by molar-refractivity contribution is -0.870. The third-order valence-electron chi connectivity index (χ3n) is 18.8. The van der Waals surface area contributed by atoms with Gasteiger partial charge in [-0.1, -0.05) is 397 Å².